The van der Waals surface area contributed by atoms with Crippen molar-refractivity contribution < 1.29 is 9.32 Å². The van der Waals surface area contributed by atoms with Crippen LogP contribution in [0.15, 0.2) is 29.2 Å². The fourth-order valence-electron chi connectivity index (χ4n) is 6.07. The number of aryl methyl sites for hydroxylation is 1. The minimum atomic E-state index is -1.08. The van der Waals surface area contributed by atoms with E-state index < -0.39 is 10.8 Å². The average molecular weight is 473 g/mol. The highest BCUT2D eigenvalue weighted by Crippen LogP contribution is 2.49. The zero-order valence-electron chi connectivity index (χ0n) is 18.1. The van der Waals surface area contributed by atoms with Crippen molar-refractivity contribution in [1.82, 2.24) is 9.97 Å². The van der Waals surface area contributed by atoms with Crippen LogP contribution in [-0.4, -0.2) is 49.8 Å². The summed E-state index contributed by atoms with van der Waals surface area (Å²) in [6.45, 7) is 1.02. The Balaban J connectivity index is 1.30. The molecule has 4 atom stereocenters. The van der Waals surface area contributed by atoms with Crippen molar-refractivity contribution in [1.29, 1.82) is 0 Å². The third-order valence-electron chi connectivity index (χ3n) is 7.99. The highest BCUT2D eigenvalue weighted by Gasteiger charge is 2.46. The molecular formula is C24H29ClN4O2S. The van der Waals surface area contributed by atoms with Gasteiger partial charge in [0.1, 0.15) is 10.7 Å². The number of anilines is 2. The molecule has 170 valence electrons. The average Bonchev–Trinajstić information content (AvgIpc) is 3.38. The van der Waals surface area contributed by atoms with Crippen LogP contribution in [0, 0.1) is 5.92 Å². The van der Waals surface area contributed by atoms with Gasteiger partial charge in [0, 0.05) is 23.4 Å². The summed E-state index contributed by atoms with van der Waals surface area (Å²) in [5, 5.41) is 14.3. The number of nitrogens with zero attached hydrogens (tertiary/aromatic N) is 3. The summed E-state index contributed by atoms with van der Waals surface area (Å²) in [6, 6.07) is 8.73. The molecule has 2 aliphatic heterocycles. The van der Waals surface area contributed by atoms with Gasteiger partial charge in [-0.25, -0.2) is 4.98 Å². The minimum absolute atomic E-state index is 0.0743. The van der Waals surface area contributed by atoms with Gasteiger partial charge in [0.2, 0.25) is 5.95 Å². The Morgan fingerprint density at radius 1 is 1.19 bits per heavy atom. The van der Waals surface area contributed by atoms with Gasteiger partial charge in [0.05, 0.1) is 28.6 Å². The van der Waals surface area contributed by atoms with Crippen LogP contribution in [0.1, 0.15) is 55.7 Å². The smallest absolute Gasteiger partial charge is 0.227 e. The number of benzene rings is 1. The number of rotatable bonds is 5. The van der Waals surface area contributed by atoms with E-state index in [0.29, 0.717) is 29.4 Å². The summed E-state index contributed by atoms with van der Waals surface area (Å²) in [6.07, 6.45) is 6.92. The quantitative estimate of drug-likeness (QED) is 0.687. The van der Waals surface area contributed by atoms with Crippen molar-refractivity contribution in [2.45, 2.75) is 67.3 Å². The first-order valence-electron chi connectivity index (χ1n) is 11.8. The van der Waals surface area contributed by atoms with Gasteiger partial charge in [0.25, 0.3) is 0 Å². The molecule has 4 aliphatic rings. The Morgan fingerprint density at radius 3 is 2.66 bits per heavy atom. The lowest BCUT2D eigenvalue weighted by Crippen LogP contribution is -2.49. The summed E-state index contributed by atoms with van der Waals surface area (Å²) in [7, 11) is -1.08. The van der Waals surface area contributed by atoms with Crippen molar-refractivity contribution in [3.8, 4) is 0 Å². The maximum Gasteiger partial charge on any atom is 0.227 e. The SMILES string of the molecule is O=[S@@]1CCCc2nc(N3CC4CC3CC4c3ccc(Cl)cc3)nc(NC3(CO)CCC3)c21. The molecule has 6 rings (SSSR count). The standard InChI is InChI=1S/C24H29ClN4O2S/c25-17-6-4-15(5-7-17)19-12-18-11-16(19)13-29(18)23-26-20-3-1-10-32(31)21(20)22(27-23)28-24(14-30)8-2-9-24/h4-7,16,18-19,30H,1-3,8-14H2,(H,26,27,28)/t16?,18?,19?,32-/m1/s1. The summed E-state index contributed by atoms with van der Waals surface area (Å²) < 4.78 is 12.9. The van der Waals surface area contributed by atoms with Crippen molar-refractivity contribution >= 4 is 34.2 Å². The van der Waals surface area contributed by atoms with Crippen LogP contribution in [0.3, 0.4) is 0 Å². The molecule has 6 nitrogen and oxygen atoms in total. The lowest BCUT2D eigenvalue weighted by molar-refractivity contribution is 0.143. The number of aliphatic hydroxyl groups is 1. The topological polar surface area (TPSA) is 78.4 Å². The van der Waals surface area contributed by atoms with E-state index in [2.05, 4.69) is 22.3 Å². The Bertz CT molecular complexity index is 1050. The van der Waals surface area contributed by atoms with Crippen LogP contribution >= 0.6 is 11.6 Å². The van der Waals surface area contributed by atoms with Crippen LogP contribution in [-0.2, 0) is 17.2 Å². The molecular weight excluding hydrogens is 444 g/mol. The number of piperidine rings is 1. The molecule has 2 aliphatic carbocycles. The zero-order valence-corrected chi connectivity index (χ0v) is 19.7. The van der Waals surface area contributed by atoms with Gasteiger partial charge >= 0.3 is 0 Å². The van der Waals surface area contributed by atoms with Crippen molar-refractivity contribution in [2.24, 2.45) is 5.92 Å². The van der Waals surface area contributed by atoms with Crippen LogP contribution in [0.25, 0.3) is 0 Å². The van der Waals surface area contributed by atoms with Crippen LogP contribution < -0.4 is 10.2 Å². The molecule has 3 heterocycles. The first kappa shape index (κ1) is 20.9. The van der Waals surface area contributed by atoms with E-state index in [9.17, 15) is 9.32 Å². The molecule has 2 saturated carbocycles. The summed E-state index contributed by atoms with van der Waals surface area (Å²) in [4.78, 5) is 13.0. The summed E-state index contributed by atoms with van der Waals surface area (Å²) in [5.74, 6) is 3.26. The van der Waals surface area contributed by atoms with Crippen molar-refractivity contribution in [3.05, 3.63) is 40.5 Å². The van der Waals surface area contributed by atoms with Gasteiger partial charge < -0.3 is 15.3 Å². The van der Waals surface area contributed by atoms with E-state index >= 15 is 0 Å². The van der Waals surface area contributed by atoms with Crippen LogP contribution in [0.4, 0.5) is 11.8 Å². The maximum atomic E-state index is 12.9. The van der Waals surface area contributed by atoms with E-state index in [1.807, 2.05) is 12.1 Å². The fraction of sp³-hybridized carbons (Fsp3) is 0.583. The van der Waals surface area contributed by atoms with Crippen LogP contribution in [0.5, 0.6) is 0 Å². The monoisotopic (exact) mass is 472 g/mol. The van der Waals surface area contributed by atoms with E-state index in [0.717, 1.165) is 73.1 Å². The number of hydrogen-bond acceptors (Lipinski definition) is 6. The molecule has 2 bridgehead atoms. The number of fused-ring (bicyclic) bond motifs is 3. The third-order valence-corrected chi connectivity index (χ3v) is 9.78. The number of halogens is 1. The van der Waals surface area contributed by atoms with E-state index in [1.165, 1.54) is 5.56 Å². The maximum absolute atomic E-state index is 12.9. The number of nitrogens with one attached hydrogen (secondary N) is 1. The first-order chi connectivity index (χ1) is 15.5. The largest absolute Gasteiger partial charge is 0.394 e. The predicted octanol–water partition coefficient (Wildman–Crippen LogP) is 3.89. The Morgan fingerprint density at radius 2 is 2.00 bits per heavy atom. The van der Waals surface area contributed by atoms with Gasteiger partial charge in [-0.1, -0.05) is 23.7 Å². The number of aliphatic hydroxyl groups excluding tert-OH is 1. The fourth-order valence-corrected chi connectivity index (χ4v) is 7.53. The molecule has 1 aromatic carbocycles. The Hall–Kier alpha value is -1.70. The van der Waals surface area contributed by atoms with E-state index in [1.54, 1.807) is 0 Å². The highest BCUT2D eigenvalue weighted by atomic mass is 35.5. The highest BCUT2D eigenvalue weighted by molar-refractivity contribution is 7.85. The van der Waals surface area contributed by atoms with Gasteiger partial charge in [-0.2, -0.15) is 4.98 Å². The van der Waals surface area contributed by atoms with Crippen molar-refractivity contribution in [3.63, 3.8) is 0 Å². The van der Waals surface area contributed by atoms with Gasteiger partial charge in [-0.3, -0.25) is 4.21 Å². The Kier molecular flexibility index (Phi) is 5.19. The number of hydrogen-bond donors (Lipinski definition) is 2. The lowest BCUT2D eigenvalue weighted by atomic mass is 9.77. The Labute approximate surface area is 196 Å². The van der Waals surface area contributed by atoms with Gasteiger partial charge in [0.15, 0.2) is 0 Å². The molecule has 3 fully saturated rings. The molecule has 1 saturated heterocycles. The van der Waals surface area contributed by atoms with E-state index in [4.69, 9.17) is 21.6 Å². The molecule has 1 aromatic heterocycles. The third kappa shape index (κ3) is 3.44. The second-order valence-electron chi connectivity index (χ2n) is 9.91. The predicted molar refractivity (Wildman–Crippen MR) is 127 cm³/mol. The molecule has 8 heteroatoms. The molecule has 32 heavy (non-hydrogen) atoms. The van der Waals surface area contributed by atoms with Crippen LogP contribution in [0.2, 0.25) is 5.02 Å². The van der Waals surface area contributed by atoms with E-state index in [-0.39, 0.29) is 12.1 Å². The molecule has 0 amide bonds. The molecule has 2 aromatic rings. The number of aromatic nitrogens is 2. The zero-order chi connectivity index (χ0) is 21.9. The molecule has 2 N–H and O–H groups in total. The lowest BCUT2D eigenvalue weighted by Gasteiger charge is -2.42. The molecule has 0 radical (unpaired) electrons. The van der Waals surface area contributed by atoms with Gasteiger partial charge in [-0.15, -0.1) is 0 Å². The molecule has 3 unspecified atom stereocenters. The van der Waals surface area contributed by atoms with Gasteiger partial charge in [-0.05, 0) is 74.5 Å². The first-order valence-corrected chi connectivity index (χ1v) is 13.5. The second kappa shape index (κ2) is 7.96. The second-order valence-corrected chi connectivity index (χ2v) is 11.9. The minimum Gasteiger partial charge on any atom is -0.394 e. The normalized spacial score (nSPS) is 30.1. The summed E-state index contributed by atoms with van der Waals surface area (Å²) in [5.41, 5.74) is 1.97. The van der Waals surface area contributed by atoms with Crippen molar-refractivity contribution in [2.75, 3.05) is 29.1 Å². The molecule has 0 spiro atoms. The summed E-state index contributed by atoms with van der Waals surface area (Å²) >= 11 is 6.09.